The summed E-state index contributed by atoms with van der Waals surface area (Å²) >= 11 is 11.3. The fourth-order valence-corrected chi connectivity index (χ4v) is 36.0. The van der Waals surface area contributed by atoms with Crippen molar-refractivity contribution in [3.63, 3.8) is 0 Å². The number of rotatable bonds is 18. The maximum absolute atomic E-state index is 3.77. The summed E-state index contributed by atoms with van der Waals surface area (Å²) in [7, 11) is 10.4. The molecule has 0 aliphatic rings. The number of hydrogen-bond donors (Lipinski definition) is 0. The molecule has 74 heavy (non-hydrogen) atoms. The summed E-state index contributed by atoms with van der Waals surface area (Å²) in [4.78, 5) is 0. The zero-order chi connectivity index (χ0) is 55.9. The first-order valence-corrected chi connectivity index (χ1v) is 40.9. The first kappa shape index (κ1) is 128. The van der Waals surface area contributed by atoms with Crippen LogP contribution in [0.5, 0.6) is 0 Å². The predicted molar refractivity (Wildman–Crippen MR) is 350 cm³/mol. The van der Waals surface area contributed by atoms with E-state index in [2.05, 4.69) is 325 Å². The Bertz CT molecular complexity index is 657. The van der Waals surface area contributed by atoms with Gasteiger partial charge in [0.05, 0.1) is 102 Å². The van der Waals surface area contributed by atoms with Gasteiger partial charge in [-0.3, -0.25) is 0 Å². The third-order valence-electron chi connectivity index (χ3n) is 12.0. The van der Waals surface area contributed by atoms with Crippen LogP contribution in [0.4, 0.5) is 0 Å². The van der Waals surface area contributed by atoms with Gasteiger partial charge in [0.1, 0.15) is 0 Å². The van der Waals surface area contributed by atoms with Crippen LogP contribution in [0, 0.1) is 30.3 Å². The van der Waals surface area contributed by atoms with Gasteiger partial charge in [-0.15, -0.1) is 0 Å². The normalized spacial score (nSPS) is 10.5. The van der Waals surface area contributed by atoms with E-state index in [1.165, 1.54) is 0 Å². The molecule has 0 amide bonds. The van der Waals surface area contributed by atoms with Gasteiger partial charge in [-0.2, -0.15) is 0 Å². The summed E-state index contributed by atoms with van der Waals surface area (Å²) in [5.41, 5.74) is 16.8. The Labute approximate surface area is 607 Å². The van der Waals surface area contributed by atoms with Gasteiger partial charge in [0.2, 0.25) is 0 Å². The van der Waals surface area contributed by atoms with E-state index in [1.54, 1.807) is 0 Å². The molecule has 0 spiro atoms. The summed E-state index contributed by atoms with van der Waals surface area (Å²) in [6.07, 6.45) is 0. The summed E-state index contributed by atoms with van der Waals surface area (Å²) in [5.74, 6) is 0. The van der Waals surface area contributed by atoms with Crippen molar-refractivity contribution in [3.05, 3.63) is 0 Å². The second kappa shape index (κ2) is 82.4. The molecule has 0 aliphatic heterocycles. The molecule has 12 radical (unpaired) electrons. The second-order valence-corrected chi connectivity index (χ2v) is 50.6. The van der Waals surface area contributed by atoms with Gasteiger partial charge in [0, 0.05) is 189 Å². The molecule has 0 unspecified atom stereocenters. The van der Waals surface area contributed by atoms with Crippen LogP contribution in [-0.2, 0) is 119 Å². The van der Waals surface area contributed by atoms with Crippen molar-refractivity contribution >= 4 is 116 Å². The second-order valence-electron chi connectivity index (χ2n) is 23.8. The van der Waals surface area contributed by atoms with Gasteiger partial charge >= 0.3 is 75.6 Å². The van der Waals surface area contributed by atoms with E-state index >= 15 is 0 Å². The molecule has 0 rings (SSSR count). The monoisotopic (exact) mass is 1860 g/mol. The minimum Gasteiger partial charge on any atom is 0 e. The van der Waals surface area contributed by atoms with Crippen LogP contribution in [0.2, 0.25) is 0 Å². The molecule has 488 valence electrons. The quantitative estimate of drug-likeness (QED) is 0.0948. The van der Waals surface area contributed by atoms with Crippen LogP contribution >= 0.6 is 47.5 Å². The zero-order valence-corrected chi connectivity index (χ0v) is 77.7. The zero-order valence-electron chi connectivity index (χ0n) is 54.5. The molecule has 0 bridgehead atoms. The molecule has 0 nitrogen and oxygen atoms in total. The van der Waals surface area contributed by atoms with Gasteiger partial charge in [-0.25, -0.2) is 0 Å². The molecular formula is C54H135Cl3Cu6NbP6Se4+9. The minimum absolute atomic E-state index is 0. The van der Waals surface area contributed by atoms with Crippen LogP contribution in [0.25, 0.3) is 0 Å². The third kappa shape index (κ3) is 79.4. The molecule has 0 fully saturated rings. The fourth-order valence-electron chi connectivity index (χ4n) is 12.0. The largest absolute Gasteiger partial charge is 0 e. The molecule has 0 N–H and O–H groups in total. The van der Waals surface area contributed by atoms with Crippen molar-refractivity contribution in [2.45, 2.75) is 351 Å². The summed E-state index contributed by atoms with van der Waals surface area (Å²) in [6.45, 7) is 85.3. The molecule has 0 heterocycles. The van der Waals surface area contributed by atoms with Crippen LogP contribution in [0.15, 0.2) is 0 Å². The van der Waals surface area contributed by atoms with Crippen molar-refractivity contribution in [3.8, 4) is 0 Å². The Morgan fingerprint density at radius 2 is 0.189 bits per heavy atom. The van der Waals surface area contributed by atoms with E-state index in [1.807, 2.05) is 0 Å². The van der Waals surface area contributed by atoms with Crippen molar-refractivity contribution in [1.82, 2.24) is 0 Å². The third-order valence-corrected chi connectivity index (χ3v) is 36.0. The van der Waals surface area contributed by atoms with Gasteiger partial charge in [-0.05, 0) is 249 Å². The van der Waals surface area contributed by atoms with E-state index in [-0.39, 0.29) is 189 Å². The van der Waals surface area contributed by atoms with E-state index in [4.69, 9.17) is 0 Å². The van der Waals surface area contributed by atoms with E-state index in [0.29, 0.717) is 0 Å². The molecule has 0 aromatic heterocycles. The smallest absolute Gasteiger partial charge is 0 e. The SMILES string of the molecule is CC(C)[PH+](C(C)C)C(C)C.CC(C)[PH+](C(C)C)C(C)C.CC(C)[PH+](C(C)C)C(C)C.CC(C)[PH+](C(C)C)C(C)C.CC(C)[PH+](C(C)C)C(C)C.CC(C)[PH+](C(C)C)C(C)C.[ClH+][Cu].[ClH+][Cu].[ClH+][Cu].[Cu].[Cu].[Cu].[Nb].[Se].[Se].[Se].[Se]. The van der Waals surface area contributed by atoms with Gasteiger partial charge in [0.25, 0.3) is 0 Å². The topological polar surface area (TPSA) is 0 Å². The van der Waals surface area contributed by atoms with Crippen LogP contribution in [-0.4, -0.2) is 170 Å². The minimum atomic E-state index is -0.0957. The Balaban J connectivity index is -0.0000000336. The fraction of sp³-hybridized carbons (Fsp3) is 1.00. The van der Waals surface area contributed by atoms with Crippen LogP contribution in [0.3, 0.4) is 0 Å². The molecular weight excluding hydrogens is 1730 g/mol. The molecule has 0 atom stereocenters. The predicted octanol–water partition coefficient (Wildman–Crippen LogP) is 18.2. The molecule has 0 saturated heterocycles. The maximum atomic E-state index is 3.77. The summed E-state index contributed by atoms with van der Waals surface area (Å²) < 4.78 is 0. The average Bonchev–Trinajstić information content (AvgIpc) is 3.09. The molecule has 0 aromatic rings. The Hall–Kier alpha value is 9.39. The first-order valence-electron chi connectivity index (χ1n) is 26.4. The molecule has 0 saturated carbocycles. The number of halogens is 3. The van der Waals surface area contributed by atoms with Crippen LogP contribution in [0.1, 0.15) is 249 Å². The first-order chi connectivity index (χ1) is 29.8. The molecule has 0 aromatic carbocycles. The molecule has 20 heteroatoms. The average molecular weight is 1870 g/mol. The maximum Gasteiger partial charge on any atom is 0 e. The van der Waals surface area contributed by atoms with Gasteiger partial charge in [0.15, 0.2) is 0 Å². The Morgan fingerprint density at radius 3 is 0.189 bits per heavy atom. The standard InChI is InChI=1S/6C9H21P.3ClH.6Cu.Nb.4Se/c6*1-7(2)10(8(3)4)9(5)6;;;;;;;;;;;;;;/h6*7-9H,1-6H3;3*1H;;;;;;;;;;;/q;;;;;;;;;;;;3*+1;;;;;/p+6. The van der Waals surface area contributed by atoms with Crippen molar-refractivity contribution in [1.29, 1.82) is 0 Å². The molecule has 0 aliphatic carbocycles. The number of hydrogen-bond acceptors (Lipinski definition) is 0. The van der Waals surface area contributed by atoms with E-state index in [0.717, 1.165) is 102 Å². The van der Waals surface area contributed by atoms with Crippen molar-refractivity contribution in [2.24, 2.45) is 0 Å². The van der Waals surface area contributed by atoms with Crippen molar-refractivity contribution < 1.29 is 149 Å². The van der Waals surface area contributed by atoms with Crippen molar-refractivity contribution in [2.75, 3.05) is 0 Å². The van der Waals surface area contributed by atoms with Gasteiger partial charge in [-0.1, -0.05) is 0 Å². The Kier molecular flexibility index (Phi) is 143. The van der Waals surface area contributed by atoms with Crippen LogP contribution < -0.4 is 0 Å². The summed E-state index contributed by atoms with van der Waals surface area (Å²) in [6, 6.07) is 0. The van der Waals surface area contributed by atoms with E-state index in [9.17, 15) is 0 Å². The Morgan fingerprint density at radius 1 is 0.162 bits per heavy atom. The summed E-state index contributed by atoms with van der Waals surface area (Å²) in [5, 5.41) is 0. The van der Waals surface area contributed by atoms with Gasteiger partial charge < -0.3 is 0 Å². The van der Waals surface area contributed by atoms with E-state index < -0.39 is 0 Å².